The van der Waals surface area contributed by atoms with E-state index in [0.29, 0.717) is 0 Å². The molecule has 0 amide bonds. The van der Waals surface area contributed by atoms with Crippen molar-refractivity contribution < 1.29 is 8.78 Å². The summed E-state index contributed by atoms with van der Waals surface area (Å²) in [6, 6.07) is 2.79. The van der Waals surface area contributed by atoms with E-state index >= 15 is 0 Å². The number of hydrogen-bond acceptors (Lipinski definition) is 3. The zero-order valence-corrected chi connectivity index (χ0v) is 10.1. The zero-order valence-electron chi connectivity index (χ0n) is 6.97. The Kier molecular flexibility index (Phi) is 2.99. The molecule has 0 fully saturated rings. The Bertz CT molecular complexity index is 517. The zero-order chi connectivity index (χ0) is 11.0. The van der Waals surface area contributed by atoms with Crippen molar-refractivity contribution in [2.75, 3.05) is 0 Å². The van der Waals surface area contributed by atoms with Gasteiger partial charge in [0.2, 0.25) is 0 Å². The molecule has 15 heavy (non-hydrogen) atoms. The van der Waals surface area contributed by atoms with Crippen molar-refractivity contribution in [3.8, 4) is 11.3 Å². The molecule has 7 heteroatoms. The first kappa shape index (κ1) is 10.9. The summed E-state index contributed by atoms with van der Waals surface area (Å²) in [7, 11) is 0. The Labute approximate surface area is 101 Å². The lowest BCUT2D eigenvalue weighted by Crippen LogP contribution is -1.91. The van der Waals surface area contributed by atoms with Crippen LogP contribution in [0.3, 0.4) is 0 Å². The first-order chi connectivity index (χ1) is 7.11. The van der Waals surface area contributed by atoms with Crippen LogP contribution < -0.4 is 0 Å². The van der Waals surface area contributed by atoms with Crippen molar-refractivity contribution in [2.24, 2.45) is 0 Å². The number of benzene rings is 1. The van der Waals surface area contributed by atoms with Crippen molar-refractivity contribution in [3.63, 3.8) is 0 Å². The van der Waals surface area contributed by atoms with Gasteiger partial charge in [0.15, 0.2) is 16.8 Å². The second kappa shape index (κ2) is 4.11. The summed E-state index contributed by atoms with van der Waals surface area (Å²) in [6.07, 6.45) is 0. The molecule has 1 aromatic heterocycles. The third-order valence-corrected chi connectivity index (χ3v) is 3.24. The highest BCUT2D eigenvalue weighted by molar-refractivity contribution is 9.10. The normalized spacial score (nSPS) is 10.7. The molecule has 2 aromatic rings. The summed E-state index contributed by atoms with van der Waals surface area (Å²) >= 11 is 9.40. The first-order valence-electron chi connectivity index (χ1n) is 3.73. The summed E-state index contributed by atoms with van der Waals surface area (Å²) in [5.41, 5.74) is 0.167. The van der Waals surface area contributed by atoms with Crippen LogP contribution in [0.25, 0.3) is 11.3 Å². The van der Waals surface area contributed by atoms with E-state index < -0.39 is 11.6 Å². The molecule has 78 valence electrons. The minimum absolute atomic E-state index is 0.00875. The van der Waals surface area contributed by atoms with Gasteiger partial charge in [0.1, 0.15) is 5.69 Å². The lowest BCUT2D eigenvalue weighted by atomic mass is 10.1. The average molecular weight is 312 g/mol. The molecule has 0 saturated heterocycles. The van der Waals surface area contributed by atoms with Crippen molar-refractivity contribution in [2.45, 2.75) is 0 Å². The van der Waals surface area contributed by atoms with Gasteiger partial charge in [0.25, 0.3) is 0 Å². The molecule has 0 unspecified atom stereocenters. The Morgan fingerprint density at radius 3 is 2.53 bits per heavy atom. The van der Waals surface area contributed by atoms with Gasteiger partial charge in [-0.3, -0.25) is 0 Å². The molecule has 0 radical (unpaired) electrons. The topological polar surface area (TPSA) is 25.8 Å². The van der Waals surface area contributed by atoms with E-state index in [1.54, 1.807) is 0 Å². The fourth-order valence-corrected chi connectivity index (χ4v) is 2.11. The molecule has 0 saturated carbocycles. The highest BCUT2D eigenvalue weighted by atomic mass is 79.9. The van der Waals surface area contributed by atoms with Crippen LogP contribution in [0.1, 0.15) is 0 Å². The molecule has 2 rings (SSSR count). The van der Waals surface area contributed by atoms with Gasteiger partial charge in [0.05, 0.1) is 16.2 Å². The van der Waals surface area contributed by atoms with Crippen molar-refractivity contribution >= 4 is 39.3 Å². The molecule has 1 heterocycles. The van der Waals surface area contributed by atoms with Crippen LogP contribution in [-0.4, -0.2) is 8.75 Å². The van der Waals surface area contributed by atoms with Crippen molar-refractivity contribution in [3.05, 3.63) is 33.4 Å². The predicted octanol–water partition coefficient (Wildman–Crippen LogP) is 3.90. The van der Waals surface area contributed by atoms with E-state index in [9.17, 15) is 8.78 Å². The highest BCUT2D eigenvalue weighted by Gasteiger charge is 2.17. The van der Waals surface area contributed by atoms with Crippen molar-refractivity contribution in [1.82, 2.24) is 8.75 Å². The van der Waals surface area contributed by atoms with E-state index in [1.807, 2.05) is 0 Å². The van der Waals surface area contributed by atoms with Crippen LogP contribution in [0.15, 0.2) is 16.6 Å². The lowest BCUT2D eigenvalue weighted by Gasteiger charge is -2.02. The molecule has 0 N–H and O–H groups in total. The summed E-state index contributed by atoms with van der Waals surface area (Å²) < 4.78 is 34.2. The minimum Gasteiger partial charge on any atom is -0.203 e. The molecule has 0 bridgehead atoms. The number of aromatic nitrogens is 2. The first-order valence-corrected chi connectivity index (χ1v) is 5.63. The van der Waals surface area contributed by atoms with Gasteiger partial charge in [-0.2, -0.15) is 8.75 Å². The predicted molar refractivity (Wildman–Crippen MR) is 58.0 cm³/mol. The van der Waals surface area contributed by atoms with Gasteiger partial charge < -0.3 is 0 Å². The summed E-state index contributed by atoms with van der Waals surface area (Å²) in [6.45, 7) is 0. The van der Waals surface area contributed by atoms with Gasteiger partial charge in [-0.25, -0.2) is 8.78 Å². The molecule has 0 atom stereocenters. The molecule has 2 nitrogen and oxygen atoms in total. The molecule has 0 aliphatic heterocycles. The van der Waals surface area contributed by atoms with Crippen LogP contribution >= 0.6 is 39.3 Å². The lowest BCUT2D eigenvalue weighted by molar-refractivity contribution is 0.506. The van der Waals surface area contributed by atoms with Gasteiger partial charge in [-0.05, 0) is 28.1 Å². The quantitative estimate of drug-likeness (QED) is 0.747. The molecule has 0 aliphatic carbocycles. The number of rotatable bonds is 1. The van der Waals surface area contributed by atoms with Crippen LogP contribution in [-0.2, 0) is 0 Å². The Morgan fingerprint density at radius 1 is 1.20 bits per heavy atom. The number of hydrogen-bond donors (Lipinski definition) is 0. The van der Waals surface area contributed by atoms with Crippen LogP contribution in [0.4, 0.5) is 8.78 Å². The average Bonchev–Trinajstić information content (AvgIpc) is 2.62. The molecule has 1 aromatic carbocycles. The maximum atomic E-state index is 13.5. The molecule has 0 aliphatic rings. The monoisotopic (exact) mass is 310 g/mol. The molecule has 0 spiro atoms. The van der Waals surface area contributed by atoms with E-state index in [0.717, 1.165) is 11.7 Å². The standard InChI is InChI=1S/C8H2BrClF2N2S/c9-4-2-1-3(5(11)6(4)12)7-8(10)14-15-13-7/h1-2H. The Balaban J connectivity index is 2.65. The van der Waals surface area contributed by atoms with E-state index in [1.165, 1.54) is 12.1 Å². The second-order valence-corrected chi connectivity index (χ2v) is 4.37. The van der Waals surface area contributed by atoms with Gasteiger partial charge in [-0.15, -0.1) is 0 Å². The van der Waals surface area contributed by atoms with Crippen LogP contribution in [0.5, 0.6) is 0 Å². The maximum absolute atomic E-state index is 13.5. The number of halogens is 4. The number of nitrogens with zero attached hydrogens (tertiary/aromatic N) is 2. The van der Waals surface area contributed by atoms with Gasteiger partial charge in [-0.1, -0.05) is 11.6 Å². The second-order valence-electron chi connectivity index (χ2n) is 2.63. The van der Waals surface area contributed by atoms with Crippen LogP contribution in [0.2, 0.25) is 5.15 Å². The smallest absolute Gasteiger partial charge is 0.173 e. The van der Waals surface area contributed by atoms with Gasteiger partial charge >= 0.3 is 0 Å². The summed E-state index contributed by atoms with van der Waals surface area (Å²) in [4.78, 5) is 0. The fraction of sp³-hybridized carbons (Fsp3) is 0. The molecular weight excluding hydrogens is 310 g/mol. The largest absolute Gasteiger partial charge is 0.203 e. The van der Waals surface area contributed by atoms with E-state index in [-0.39, 0.29) is 20.9 Å². The fourth-order valence-electron chi connectivity index (χ4n) is 1.05. The minimum atomic E-state index is -0.987. The van der Waals surface area contributed by atoms with E-state index in [2.05, 4.69) is 24.7 Å². The van der Waals surface area contributed by atoms with Gasteiger partial charge in [0, 0.05) is 5.56 Å². The third-order valence-electron chi connectivity index (χ3n) is 1.74. The Hall–Kier alpha value is -0.590. The Morgan fingerprint density at radius 2 is 1.93 bits per heavy atom. The highest BCUT2D eigenvalue weighted by Crippen LogP contribution is 2.31. The van der Waals surface area contributed by atoms with E-state index in [4.69, 9.17) is 11.6 Å². The maximum Gasteiger partial charge on any atom is 0.173 e. The summed E-state index contributed by atoms with van der Waals surface area (Å²) in [5, 5.41) is 0.0700. The third kappa shape index (κ3) is 1.89. The molecular formula is C8H2BrClF2N2S. The summed E-state index contributed by atoms with van der Waals surface area (Å²) in [5.74, 6) is -1.95. The van der Waals surface area contributed by atoms with Crippen molar-refractivity contribution in [1.29, 1.82) is 0 Å². The van der Waals surface area contributed by atoms with Crippen LogP contribution in [0, 0.1) is 11.6 Å². The SMILES string of the molecule is Fc1c(Br)ccc(-c2nsnc2Cl)c1F.